The van der Waals surface area contributed by atoms with Crippen LogP contribution in [-0.2, 0) is 27.8 Å². The van der Waals surface area contributed by atoms with E-state index in [1.165, 1.54) is 5.56 Å². The molecule has 2 aliphatic heterocycles. The Balaban J connectivity index is 1.36. The highest BCUT2D eigenvalue weighted by Gasteiger charge is 2.32. The van der Waals surface area contributed by atoms with Gasteiger partial charge in [0.25, 0.3) is 0 Å². The molecule has 4 rings (SSSR count). The molecule has 0 radical (unpaired) electrons. The van der Waals surface area contributed by atoms with Crippen molar-refractivity contribution >= 4 is 21.7 Å². The van der Waals surface area contributed by atoms with Crippen LogP contribution in [0.3, 0.4) is 0 Å². The van der Waals surface area contributed by atoms with Crippen molar-refractivity contribution in [2.75, 3.05) is 31.1 Å². The molecule has 0 atom stereocenters. The van der Waals surface area contributed by atoms with E-state index in [-0.39, 0.29) is 16.7 Å². The van der Waals surface area contributed by atoms with Crippen LogP contribution in [0.1, 0.15) is 50.2 Å². The van der Waals surface area contributed by atoms with Crippen LogP contribution in [0, 0.1) is 5.92 Å². The maximum atomic E-state index is 13.3. The molecule has 0 spiro atoms. The Morgan fingerprint density at radius 1 is 1.00 bits per heavy atom. The molecule has 1 N–H and O–H groups in total. The summed E-state index contributed by atoms with van der Waals surface area (Å²) < 4.78 is 28.1. The average molecular weight is 471 g/mol. The summed E-state index contributed by atoms with van der Waals surface area (Å²) in [6, 6.07) is 11.7. The first kappa shape index (κ1) is 23.7. The van der Waals surface area contributed by atoms with Crippen molar-refractivity contribution in [1.29, 1.82) is 0 Å². The number of sulfonamides is 1. The fourth-order valence-electron chi connectivity index (χ4n) is 4.65. The first-order valence-corrected chi connectivity index (χ1v) is 13.5. The predicted molar refractivity (Wildman–Crippen MR) is 129 cm³/mol. The average Bonchev–Trinajstić information content (AvgIpc) is 2.88. The van der Waals surface area contributed by atoms with Gasteiger partial charge in [0, 0.05) is 44.8 Å². The number of pyridine rings is 1. The third-order valence-corrected chi connectivity index (χ3v) is 8.67. The van der Waals surface area contributed by atoms with Gasteiger partial charge in [0.2, 0.25) is 15.9 Å². The van der Waals surface area contributed by atoms with Crippen LogP contribution in [0.15, 0.2) is 47.5 Å². The lowest BCUT2D eigenvalue weighted by atomic mass is 9.95. The van der Waals surface area contributed by atoms with Crippen LogP contribution in [0.25, 0.3) is 0 Å². The molecule has 0 saturated carbocycles. The Labute approximate surface area is 197 Å². The van der Waals surface area contributed by atoms with E-state index in [1.807, 2.05) is 4.90 Å². The molecule has 0 bridgehead atoms. The smallest absolute Gasteiger partial charge is 0.246 e. The van der Waals surface area contributed by atoms with Gasteiger partial charge >= 0.3 is 0 Å². The number of rotatable bonds is 7. The Kier molecular flexibility index (Phi) is 7.65. The number of carbonyl (C=O) groups excluding carboxylic acids is 1. The van der Waals surface area contributed by atoms with Crippen LogP contribution in [-0.4, -0.2) is 49.8 Å². The van der Waals surface area contributed by atoms with Crippen molar-refractivity contribution in [2.24, 2.45) is 5.92 Å². The van der Waals surface area contributed by atoms with Gasteiger partial charge in [0.05, 0.1) is 0 Å². The van der Waals surface area contributed by atoms with E-state index in [0.29, 0.717) is 51.4 Å². The number of hydrogen-bond acceptors (Lipinski definition) is 5. The Morgan fingerprint density at radius 2 is 1.67 bits per heavy atom. The molecule has 8 heteroatoms. The van der Waals surface area contributed by atoms with Gasteiger partial charge < -0.3 is 10.2 Å². The summed E-state index contributed by atoms with van der Waals surface area (Å²) in [6.07, 6.45) is 6.89. The molecule has 3 heterocycles. The monoisotopic (exact) mass is 470 g/mol. The molecule has 2 aromatic rings. The largest absolute Gasteiger partial charge is 0.355 e. The molecule has 0 aliphatic carbocycles. The quantitative estimate of drug-likeness (QED) is 0.671. The summed E-state index contributed by atoms with van der Waals surface area (Å²) in [7, 11) is -3.57. The minimum atomic E-state index is -3.57. The number of hydrogen-bond donors (Lipinski definition) is 1. The second-order valence-electron chi connectivity index (χ2n) is 8.94. The molecule has 7 nitrogen and oxygen atoms in total. The number of aromatic nitrogens is 1. The molecule has 1 amide bonds. The van der Waals surface area contributed by atoms with Crippen molar-refractivity contribution in [2.45, 2.75) is 56.9 Å². The summed E-state index contributed by atoms with van der Waals surface area (Å²) >= 11 is 0. The van der Waals surface area contributed by atoms with E-state index in [9.17, 15) is 13.2 Å². The summed E-state index contributed by atoms with van der Waals surface area (Å²) in [4.78, 5) is 19.5. The van der Waals surface area contributed by atoms with Gasteiger partial charge in [-0.25, -0.2) is 13.4 Å². The molecule has 2 saturated heterocycles. The van der Waals surface area contributed by atoms with Crippen LogP contribution < -0.4 is 10.2 Å². The minimum absolute atomic E-state index is 0.0661. The zero-order valence-corrected chi connectivity index (χ0v) is 20.2. The fourth-order valence-corrected chi connectivity index (χ4v) is 6.33. The second-order valence-corrected chi connectivity index (χ2v) is 10.8. The molecular weight excluding hydrogens is 436 g/mol. The van der Waals surface area contributed by atoms with Crippen molar-refractivity contribution < 1.29 is 13.2 Å². The first-order chi connectivity index (χ1) is 16.0. The summed E-state index contributed by atoms with van der Waals surface area (Å²) in [5.41, 5.74) is 2.38. The maximum absolute atomic E-state index is 13.3. The summed E-state index contributed by atoms with van der Waals surface area (Å²) in [5, 5.41) is 3.06. The normalized spacial score (nSPS) is 18.3. The molecule has 2 aliphatic rings. The number of piperidine rings is 2. The van der Waals surface area contributed by atoms with E-state index < -0.39 is 10.0 Å². The van der Waals surface area contributed by atoms with E-state index in [1.54, 1.807) is 22.6 Å². The number of amides is 1. The molecular formula is C25H34N4O3S. The van der Waals surface area contributed by atoms with Gasteiger partial charge in [0.1, 0.15) is 10.7 Å². The standard InChI is InChI=1S/C25H34N4O3S/c1-2-20-8-10-21(11-9-20)19-27-25(30)22-12-17-28(18-13-22)24-23(7-6-14-26-24)33(31,32)29-15-4-3-5-16-29/h6-11,14,22H,2-5,12-13,15-19H2,1H3,(H,27,30). The number of carbonyl (C=O) groups is 1. The molecule has 1 aromatic heterocycles. The van der Waals surface area contributed by atoms with Crippen LogP contribution >= 0.6 is 0 Å². The SMILES string of the molecule is CCc1ccc(CNC(=O)C2CCN(c3ncccc3S(=O)(=O)N3CCCCC3)CC2)cc1. The lowest BCUT2D eigenvalue weighted by Crippen LogP contribution is -2.42. The van der Waals surface area contributed by atoms with Crippen LogP contribution in [0.5, 0.6) is 0 Å². The Bertz CT molecular complexity index is 1040. The third-order valence-electron chi connectivity index (χ3n) is 6.75. The predicted octanol–water partition coefficient (Wildman–Crippen LogP) is 3.35. The maximum Gasteiger partial charge on any atom is 0.246 e. The highest BCUT2D eigenvalue weighted by Crippen LogP contribution is 2.30. The number of nitrogens with zero attached hydrogens (tertiary/aromatic N) is 3. The van der Waals surface area contributed by atoms with Crippen molar-refractivity contribution in [3.05, 3.63) is 53.7 Å². The van der Waals surface area contributed by atoms with Gasteiger partial charge in [-0.05, 0) is 55.4 Å². The van der Waals surface area contributed by atoms with E-state index in [4.69, 9.17) is 0 Å². The Hall–Kier alpha value is -2.45. The summed E-state index contributed by atoms with van der Waals surface area (Å²) in [6.45, 7) is 5.02. The molecule has 0 unspecified atom stereocenters. The second kappa shape index (κ2) is 10.7. The van der Waals surface area contributed by atoms with Gasteiger partial charge in [-0.3, -0.25) is 4.79 Å². The third kappa shape index (κ3) is 5.55. The van der Waals surface area contributed by atoms with E-state index >= 15 is 0 Å². The molecule has 1 aromatic carbocycles. The molecule has 2 fully saturated rings. The van der Waals surface area contributed by atoms with Gasteiger partial charge in [-0.1, -0.05) is 37.6 Å². The zero-order chi connectivity index (χ0) is 23.3. The number of benzene rings is 1. The topological polar surface area (TPSA) is 82.6 Å². The van der Waals surface area contributed by atoms with E-state index in [0.717, 1.165) is 31.2 Å². The van der Waals surface area contributed by atoms with Crippen molar-refractivity contribution in [1.82, 2.24) is 14.6 Å². The number of anilines is 1. The van der Waals surface area contributed by atoms with Crippen LogP contribution in [0.4, 0.5) is 5.82 Å². The van der Waals surface area contributed by atoms with Crippen LogP contribution in [0.2, 0.25) is 0 Å². The van der Waals surface area contributed by atoms with Crippen molar-refractivity contribution in [3.63, 3.8) is 0 Å². The van der Waals surface area contributed by atoms with Gasteiger partial charge in [-0.2, -0.15) is 4.31 Å². The number of aryl methyl sites for hydroxylation is 1. The highest BCUT2D eigenvalue weighted by molar-refractivity contribution is 7.89. The van der Waals surface area contributed by atoms with Crippen molar-refractivity contribution in [3.8, 4) is 0 Å². The lowest BCUT2D eigenvalue weighted by molar-refractivity contribution is -0.125. The van der Waals surface area contributed by atoms with E-state index in [2.05, 4.69) is 41.5 Å². The van der Waals surface area contributed by atoms with Gasteiger partial charge in [-0.15, -0.1) is 0 Å². The summed E-state index contributed by atoms with van der Waals surface area (Å²) in [5.74, 6) is 0.511. The lowest BCUT2D eigenvalue weighted by Gasteiger charge is -2.34. The molecule has 178 valence electrons. The molecule has 33 heavy (non-hydrogen) atoms. The highest BCUT2D eigenvalue weighted by atomic mass is 32.2. The Morgan fingerprint density at radius 3 is 2.33 bits per heavy atom. The number of nitrogens with one attached hydrogen (secondary N) is 1. The fraction of sp³-hybridized carbons (Fsp3) is 0.520. The zero-order valence-electron chi connectivity index (χ0n) is 19.4. The van der Waals surface area contributed by atoms with Gasteiger partial charge in [0.15, 0.2) is 0 Å². The minimum Gasteiger partial charge on any atom is -0.355 e. The first-order valence-electron chi connectivity index (χ1n) is 12.0.